The summed E-state index contributed by atoms with van der Waals surface area (Å²) in [7, 11) is 0. The smallest absolute Gasteiger partial charge is 0.161 e. The molecule has 0 spiro atoms. The van der Waals surface area contributed by atoms with Crippen molar-refractivity contribution < 1.29 is 0 Å². The molecule has 3 rings (SSSR count). The van der Waals surface area contributed by atoms with Crippen LogP contribution < -0.4 is 5.32 Å². The van der Waals surface area contributed by atoms with Crippen LogP contribution >= 0.6 is 23.5 Å². The third kappa shape index (κ3) is 2.80. The molecule has 1 saturated carbocycles. The van der Waals surface area contributed by atoms with E-state index < -0.39 is 0 Å². The zero-order valence-electron chi connectivity index (χ0n) is 9.85. The molecule has 1 atom stereocenters. The Hall–Kier alpha value is -0.610. The van der Waals surface area contributed by atoms with Crippen LogP contribution in [0.25, 0.3) is 0 Å². The van der Waals surface area contributed by atoms with Crippen molar-refractivity contribution in [2.75, 3.05) is 18.1 Å². The lowest BCUT2D eigenvalue weighted by atomic mass is 10.3. The normalized spacial score (nSPS) is 23.6. The number of benzene rings is 1. The fourth-order valence-corrected chi connectivity index (χ4v) is 3.61. The number of anilines is 1. The minimum Gasteiger partial charge on any atom is -0.335 e. The number of rotatable bonds is 3. The Bertz CT molecular complexity index is 424. The quantitative estimate of drug-likeness (QED) is 0.842. The number of hydrogen-bond acceptors (Lipinski definition) is 4. The van der Waals surface area contributed by atoms with Crippen LogP contribution in [0.2, 0.25) is 0 Å². The third-order valence-corrected chi connectivity index (χ3v) is 5.20. The van der Waals surface area contributed by atoms with Gasteiger partial charge in [0.2, 0.25) is 0 Å². The first-order valence-corrected chi connectivity index (χ1v) is 8.08. The molecule has 2 aliphatic rings. The molecular formula is C13H16N2S2. The van der Waals surface area contributed by atoms with Crippen LogP contribution in [-0.4, -0.2) is 23.2 Å². The molecule has 1 aromatic rings. The van der Waals surface area contributed by atoms with Crippen molar-refractivity contribution in [2.45, 2.75) is 23.0 Å². The van der Waals surface area contributed by atoms with Crippen LogP contribution in [0.5, 0.6) is 0 Å². The molecule has 1 aliphatic carbocycles. The van der Waals surface area contributed by atoms with E-state index in [4.69, 9.17) is 0 Å². The summed E-state index contributed by atoms with van der Waals surface area (Å²) in [6, 6.07) is 8.54. The maximum atomic E-state index is 4.58. The van der Waals surface area contributed by atoms with Crippen LogP contribution in [0, 0.1) is 5.92 Å². The average molecular weight is 264 g/mol. The monoisotopic (exact) mass is 264 g/mol. The zero-order valence-corrected chi connectivity index (χ0v) is 11.5. The molecule has 0 radical (unpaired) electrons. The molecule has 1 N–H and O–H groups in total. The number of aliphatic imine (C=N–C) groups is 1. The minimum atomic E-state index is 0.739. The van der Waals surface area contributed by atoms with Gasteiger partial charge in [-0.1, -0.05) is 11.8 Å². The number of hydrogen-bond donors (Lipinski definition) is 1. The van der Waals surface area contributed by atoms with Crippen molar-refractivity contribution in [3.8, 4) is 0 Å². The Balaban J connectivity index is 1.59. The average Bonchev–Trinajstić information content (AvgIpc) is 3.12. The number of amidine groups is 1. The SMILES string of the molecule is CSc1ccc(NC2=NCC(C3CC3)S2)cc1. The van der Waals surface area contributed by atoms with E-state index in [1.165, 1.54) is 17.7 Å². The van der Waals surface area contributed by atoms with Crippen LogP contribution in [-0.2, 0) is 0 Å². The van der Waals surface area contributed by atoms with Crippen molar-refractivity contribution in [3.63, 3.8) is 0 Å². The van der Waals surface area contributed by atoms with E-state index >= 15 is 0 Å². The highest BCUT2D eigenvalue weighted by atomic mass is 32.2. The van der Waals surface area contributed by atoms with Crippen molar-refractivity contribution in [1.29, 1.82) is 0 Å². The fraction of sp³-hybridized carbons (Fsp3) is 0.462. The maximum Gasteiger partial charge on any atom is 0.161 e. The highest BCUT2D eigenvalue weighted by molar-refractivity contribution is 8.15. The molecular weight excluding hydrogens is 248 g/mol. The molecule has 0 saturated heterocycles. The van der Waals surface area contributed by atoms with Crippen LogP contribution in [0.4, 0.5) is 5.69 Å². The topological polar surface area (TPSA) is 24.4 Å². The predicted octanol–water partition coefficient (Wildman–Crippen LogP) is 3.70. The van der Waals surface area contributed by atoms with Gasteiger partial charge in [0.25, 0.3) is 0 Å². The zero-order chi connectivity index (χ0) is 11.7. The number of nitrogens with zero attached hydrogens (tertiary/aromatic N) is 1. The molecule has 2 nitrogen and oxygen atoms in total. The Morgan fingerprint density at radius 3 is 2.71 bits per heavy atom. The molecule has 0 bridgehead atoms. The lowest BCUT2D eigenvalue weighted by molar-refractivity contribution is 0.773. The molecule has 1 fully saturated rings. The van der Waals surface area contributed by atoms with Crippen molar-refractivity contribution in [3.05, 3.63) is 24.3 Å². The standard InChI is InChI=1S/C13H16N2S2/c1-16-11-6-4-10(5-7-11)15-13-14-8-12(17-13)9-2-3-9/h4-7,9,12H,2-3,8H2,1H3,(H,14,15). The summed E-state index contributed by atoms with van der Waals surface area (Å²) in [6.07, 6.45) is 4.91. The first-order valence-electron chi connectivity index (χ1n) is 5.97. The first kappa shape index (κ1) is 11.5. The maximum absolute atomic E-state index is 4.58. The van der Waals surface area contributed by atoms with Gasteiger partial charge in [-0.15, -0.1) is 11.8 Å². The second kappa shape index (κ2) is 4.94. The van der Waals surface area contributed by atoms with Gasteiger partial charge < -0.3 is 5.32 Å². The lowest BCUT2D eigenvalue weighted by Gasteiger charge is -2.08. The molecule has 0 amide bonds. The molecule has 90 valence electrons. The highest BCUT2D eigenvalue weighted by Gasteiger charge is 2.35. The summed E-state index contributed by atoms with van der Waals surface area (Å²) in [5.41, 5.74) is 1.14. The third-order valence-electron chi connectivity index (χ3n) is 3.17. The fourth-order valence-electron chi connectivity index (χ4n) is 1.97. The Kier molecular flexibility index (Phi) is 3.34. The lowest BCUT2D eigenvalue weighted by Crippen LogP contribution is -2.08. The molecule has 1 unspecified atom stereocenters. The molecule has 1 aromatic carbocycles. The van der Waals surface area contributed by atoms with Crippen LogP contribution in [0.1, 0.15) is 12.8 Å². The second-order valence-corrected chi connectivity index (χ2v) is 6.60. The van der Waals surface area contributed by atoms with E-state index in [-0.39, 0.29) is 0 Å². The largest absolute Gasteiger partial charge is 0.335 e. The Labute approximate surface area is 111 Å². The molecule has 1 aliphatic heterocycles. The molecule has 1 heterocycles. The van der Waals surface area contributed by atoms with Gasteiger partial charge in [-0.05, 0) is 49.3 Å². The highest BCUT2D eigenvalue weighted by Crippen LogP contribution is 2.41. The van der Waals surface area contributed by atoms with E-state index in [2.05, 4.69) is 40.8 Å². The summed E-state index contributed by atoms with van der Waals surface area (Å²) in [5, 5.41) is 5.24. The van der Waals surface area contributed by atoms with Crippen molar-refractivity contribution in [1.82, 2.24) is 0 Å². The summed E-state index contributed by atoms with van der Waals surface area (Å²) >= 11 is 3.69. The second-order valence-electron chi connectivity index (χ2n) is 4.49. The van der Waals surface area contributed by atoms with Gasteiger partial charge in [0.15, 0.2) is 5.17 Å². The summed E-state index contributed by atoms with van der Waals surface area (Å²) in [4.78, 5) is 5.88. The summed E-state index contributed by atoms with van der Waals surface area (Å²) < 4.78 is 0. The molecule has 0 aromatic heterocycles. The molecule has 17 heavy (non-hydrogen) atoms. The van der Waals surface area contributed by atoms with Crippen LogP contribution in [0.15, 0.2) is 34.2 Å². The van der Waals surface area contributed by atoms with E-state index in [0.29, 0.717) is 0 Å². The number of thioether (sulfide) groups is 2. The van der Waals surface area contributed by atoms with Crippen molar-refractivity contribution in [2.24, 2.45) is 10.9 Å². The first-order chi connectivity index (χ1) is 8.35. The molecule has 4 heteroatoms. The minimum absolute atomic E-state index is 0.739. The van der Waals surface area contributed by atoms with E-state index in [1.54, 1.807) is 11.8 Å². The van der Waals surface area contributed by atoms with Gasteiger partial charge in [-0.3, -0.25) is 4.99 Å². The van der Waals surface area contributed by atoms with Gasteiger partial charge in [-0.25, -0.2) is 0 Å². The van der Waals surface area contributed by atoms with E-state index in [0.717, 1.165) is 28.6 Å². The summed E-state index contributed by atoms with van der Waals surface area (Å²) in [6.45, 7) is 1.00. The van der Waals surface area contributed by atoms with E-state index in [1.807, 2.05) is 11.8 Å². The van der Waals surface area contributed by atoms with Gasteiger partial charge in [0, 0.05) is 15.8 Å². The van der Waals surface area contributed by atoms with Gasteiger partial charge in [0.1, 0.15) is 0 Å². The van der Waals surface area contributed by atoms with Gasteiger partial charge in [0.05, 0.1) is 6.54 Å². The Morgan fingerprint density at radius 2 is 2.06 bits per heavy atom. The summed E-state index contributed by atoms with van der Waals surface area (Å²) in [5.74, 6) is 0.932. The van der Waals surface area contributed by atoms with Gasteiger partial charge >= 0.3 is 0 Å². The predicted molar refractivity (Wildman–Crippen MR) is 78.3 cm³/mol. The number of nitrogens with one attached hydrogen (secondary N) is 1. The van der Waals surface area contributed by atoms with Gasteiger partial charge in [-0.2, -0.15) is 0 Å². The van der Waals surface area contributed by atoms with Crippen molar-refractivity contribution >= 4 is 34.4 Å². The van der Waals surface area contributed by atoms with Crippen LogP contribution in [0.3, 0.4) is 0 Å². The van der Waals surface area contributed by atoms with E-state index in [9.17, 15) is 0 Å². The Morgan fingerprint density at radius 1 is 1.29 bits per heavy atom.